The first-order valence-electron chi connectivity index (χ1n) is 13.3. The number of hydrogen-bond acceptors (Lipinski definition) is 2. The summed E-state index contributed by atoms with van der Waals surface area (Å²) in [6, 6.07) is 7.48. The maximum atomic E-state index is 13.4. The van der Waals surface area contributed by atoms with Crippen LogP contribution in [0.2, 0.25) is 0 Å². The van der Waals surface area contributed by atoms with Crippen LogP contribution < -0.4 is 5.32 Å². The second-order valence-electron chi connectivity index (χ2n) is 10.5. The first kappa shape index (κ1) is 30.2. The van der Waals surface area contributed by atoms with Crippen LogP contribution in [0.3, 0.4) is 0 Å². The van der Waals surface area contributed by atoms with Crippen LogP contribution in [0.5, 0.6) is 0 Å². The van der Waals surface area contributed by atoms with Crippen LogP contribution >= 0.6 is 0 Å². The topological polar surface area (TPSA) is 54.3 Å². The fourth-order valence-electron chi connectivity index (χ4n) is 5.27. The molecule has 2 aromatic carbocycles. The van der Waals surface area contributed by atoms with Gasteiger partial charge < -0.3 is 14.8 Å². The van der Waals surface area contributed by atoms with Crippen molar-refractivity contribution in [1.29, 1.82) is 0 Å². The van der Waals surface area contributed by atoms with Crippen molar-refractivity contribution in [2.24, 2.45) is 7.05 Å². The lowest BCUT2D eigenvalue weighted by Gasteiger charge is -2.27. The molecular formula is C30H31F6N3O2. The van der Waals surface area contributed by atoms with E-state index in [2.05, 4.69) is 5.32 Å². The highest BCUT2D eigenvalue weighted by molar-refractivity contribution is 5.95. The highest BCUT2D eigenvalue weighted by atomic mass is 19.4. The standard InChI is InChI=1S/C30H31F6N3O2/c1-38-18-20(25-10-6-7-11-26(25)38)16-24(12-13-27(40)37-23-8-4-3-5-9-23)39(2)28(41)19-14-21(29(31,32)33)17-22(15-19)30(34,35)36/h6-7,10-15,17-18,23-24H,3-5,8-9,16H2,1-2H3,(H,37,40)/b13-12+/t24-/m0/s1. The number of aromatic nitrogens is 1. The molecule has 0 bridgehead atoms. The van der Waals surface area contributed by atoms with Gasteiger partial charge in [0.25, 0.3) is 5.91 Å². The second kappa shape index (κ2) is 12.0. The van der Waals surface area contributed by atoms with Gasteiger partial charge in [-0.2, -0.15) is 26.3 Å². The van der Waals surface area contributed by atoms with E-state index in [1.165, 1.54) is 19.2 Å². The summed E-state index contributed by atoms with van der Waals surface area (Å²) in [6.07, 6.45) is -0.587. The van der Waals surface area contributed by atoms with Crippen LogP contribution in [0.25, 0.3) is 10.9 Å². The van der Waals surface area contributed by atoms with Crippen LogP contribution in [0, 0.1) is 0 Å². The number of nitrogens with zero attached hydrogens (tertiary/aromatic N) is 2. The molecule has 1 atom stereocenters. The number of hydrogen-bond donors (Lipinski definition) is 1. The minimum absolute atomic E-state index is 0.0140. The molecule has 2 amide bonds. The number of carbonyl (C=O) groups excluding carboxylic acids is 2. The fraction of sp³-hybridized carbons (Fsp3) is 0.400. The molecule has 0 radical (unpaired) electrons. The van der Waals surface area contributed by atoms with Crippen LogP contribution in [0.15, 0.2) is 60.8 Å². The van der Waals surface area contributed by atoms with Gasteiger partial charge in [0, 0.05) is 48.9 Å². The van der Waals surface area contributed by atoms with Gasteiger partial charge in [-0.15, -0.1) is 0 Å². The maximum Gasteiger partial charge on any atom is 0.416 e. The molecule has 0 spiro atoms. The number of carbonyl (C=O) groups is 2. The van der Waals surface area contributed by atoms with E-state index in [0.29, 0.717) is 12.1 Å². The first-order valence-corrected chi connectivity index (χ1v) is 13.3. The number of fused-ring (bicyclic) bond motifs is 1. The monoisotopic (exact) mass is 579 g/mol. The summed E-state index contributed by atoms with van der Waals surface area (Å²) < 4.78 is 82.6. The lowest BCUT2D eigenvalue weighted by molar-refractivity contribution is -0.143. The molecule has 1 N–H and O–H groups in total. The normalized spacial score (nSPS) is 15.8. The Kier molecular flexibility index (Phi) is 8.84. The molecule has 41 heavy (non-hydrogen) atoms. The molecule has 1 aliphatic rings. The van der Waals surface area contributed by atoms with Crippen molar-refractivity contribution in [3.05, 3.63) is 83.1 Å². The molecule has 0 saturated heterocycles. The molecule has 3 aromatic rings. The largest absolute Gasteiger partial charge is 0.416 e. The number of halogens is 6. The van der Waals surface area contributed by atoms with Gasteiger partial charge in [0.15, 0.2) is 0 Å². The Morgan fingerprint density at radius 1 is 1.00 bits per heavy atom. The van der Waals surface area contributed by atoms with Gasteiger partial charge in [0.1, 0.15) is 0 Å². The zero-order chi connectivity index (χ0) is 29.9. The molecule has 1 aromatic heterocycles. The zero-order valence-corrected chi connectivity index (χ0v) is 22.6. The Bertz CT molecular complexity index is 1400. The van der Waals surface area contributed by atoms with E-state index >= 15 is 0 Å². The van der Waals surface area contributed by atoms with Gasteiger partial charge in [0.2, 0.25) is 5.91 Å². The van der Waals surface area contributed by atoms with E-state index in [1.807, 2.05) is 42.1 Å². The van der Waals surface area contributed by atoms with E-state index in [1.54, 1.807) is 0 Å². The van der Waals surface area contributed by atoms with Crippen molar-refractivity contribution in [1.82, 2.24) is 14.8 Å². The SMILES string of the molecule is CN(C(=O)c1cc(C(F)(F)F)cc(C(F)(F)F)c1)[C@@H](/C=C/C(=O)NC1CCCCC1)Cc1cn(C)c2ccccc12. The van der Waals surface area contributed by atoms with E-state index in [0.717, 1.165) is 53.5 Å². The maximum absolute atomic E-state index is 13.4. The number of likely N-dealkylation sites (N-methyl/N-ethyl adjacent to an activating group) is 1. The van der Waals surface area contributed by atoms with Gasteiger partial charge in [-0.25, -0.2) is 0 Å². The van der Waals surface area contributed by atoms with E-state index < -0.39 is 41.0 Å². The van der Waals surface area contributed by atoms with Gasteiger partial charge in [0.05, 0.1) is 17.2 Å². The smallest absolute Gasteiger partial charge is 0.350 e. The van der Waals surface area contributed by atoms with Gasteiger partial charge >= 0.3 is 12.4 Å². The molecular weight excluding hydrogens is 548 g/mol. The minimum Gasteiger partial charge on any atom is -0.350 e. The molecule has 0 unspecified atom stereocenters. The van der Waals surface area contributed by atoms with E-state index in [9.17, 15) is 35.9 Å². The molecule has 1 saturated carbocycles. The average molecular weight is 580 g/mol. The Balaban J connectivity index is 1.68. The third kappa shape index (κ3) is 7.31. The Morgan fingerprint density at radius 2 is 1.61 bits per heavy atom. The summed E-state index contributed by atoms with van der Waals surface area (Å²) in [5.74, 6) is -1.41. The molecule has 1 aliphatic carbocycles. The van der Waals surface area contributed by atoms with Crippen LogP contribution in [-0.4, -0.2) is 40.4 Å². The zero-order valence-electron chi connectivity index (χ0n) is 22.6. The predicted octanol–water partition coefficient (Wildman–Crippen LogP) is 6.90. The Labute approximate surface area is 233 Å². The molecule has 11 heteroatoms. The summed E-state index contributed by atoms with van der Waals surface area (Å²) in [4.78, 5) is 27.2. The van der Waals surface area contributed by atoms with Gasteiger partial charge in [-0.1, -0.05) is 43.5 Å². The number of nitrogens with one attached hydrogen (secondary N) is 1. The van der Waals surface area contributed by atoms with Gasteiger partial charge in [-0.05, 0) is 49.1 Å². The highest BCUT2D eigenvalue weighted by Gasteiger charge is 2.38. The number of amides is 2. The fourth-order valence-corrected chi connectivity index (χ4v) is 5.27. The minimum atomic E-state index is -5.09. The summed E-state index contributed by atoms with van der Waals surface area (Å²) in [6.45, 7) is 0. The molecule has 1 heterocycles. The molecule has 1 fully saturated rings. The lowest BCUT2D eigenvalue weighted by Crippen LogP contribution is -2.38. The molecule has 220 valence electrons. The number of para-hydroxylation sites is 1. The molecule has 4 rings (SSSR count). The average Bonchev–Trinajstić information content (AvgIpc) is 3.24. The van der Waals surface area contributed by atoms with E-state index in [-0.39, 0.29) is 24.4 Å². The first-order chi connectivity index (χ1) is 19.2. The number of alkyl halides is 6. The third-order valence-corrected chi connectivity index (χ3v) is 7.48. The van der Waals surface area contributed by atoms with Crippen molar-refractivity contribution in [2.45, 2.75) is 63.0 Å². The summed E-state index contributed by atoms with van der Waals surface area (Å²) in [7, 11) is 3.14. The van der Waals surface area contributed by atoms with Crippen molar-refractivity contribution in [3.8, 4) is 0 Å². The second-order valence-corrected chi connectivity index (χ2v) is 10.5. The third-order valence-electron chi connectivity index (χ3n) is 7.48. The van der Waals surface area contributed by atoms with Crippen molar-refractivity contribution in [2.75, 3.05) is 7.05 Å². The predicted molar refractivity (Wildman–Crippen MR) is 143 cm³/mol. The lowest BCUT2D eigenvalue weighted by atomic mass is 9.95. The number of rotatable bonds is 7. The van der Waals surface area contributed by atoms with Crippen LogP contribution in [0.1, 0.15) is 59.2 Å². The quantitative estimate of drug-likeness (QED) is 0.245. The number of aryl methyl sites for hydroxylation is 1. The van der Waals surface area contributed by atoms with Crippen LogP contribution in [0.4, 0.5) is 26.3 Å². The molecule has 0 aliphatic heterocycles. The Hall–Kier alpha value is -3.76. The van der Waals surface area contributed by atoms with E-state index in [4.69, 9.17) is 0 Å². The number of benzene rings is 2. The summed E-state index contributed by atoms with van der Waals surface area (Å²) >= 11 is 0. The van der Waals surface area contributed by atoms with Crippen molar-refractivity contribution >= 4 is 22.7 Å². The molecule has 5 nitrogen and oxygen atoms in total. The van der Waals surface area contributed by atoms with Gasteiger partial charge in [-0.3, -0.25) is 9.59 Å². The summed E-state index contributed by atoms with van der Waals surface area (Å²) in [5.41, 5.74) is -2.20. The highest BCUT2D eigenvalue weighted by Crippen LogP contribution is 2.36. The van der Waals surface area contributed by atoms with Crippen molar-refractivity contribution < 1.29 is 35.9 Å². The Morgan fingerprint density at radius 3 is 2.22 bits per heavy atom. The van der Waals surface area contributed by atoms with Crippen LogP contribution in [-0.2, 0) is 30.6 Å². The van der Waals surface area contributed by atoms with Crippen molar-refractivity contribution in [3.63, 3.8) is 0 Å². The summed E-state index contributed by atoms with van der Waals surface area (Å²) in [5, 5.41) is 3.81.